The van der Waals surface area contributed by atoms with E-state index < -0.39 is 10.8 Å². The minimum Gasteiger partial charge on any atom is -0.366 e. The lowest BCUT2D eigenvalue weighted by Crippen LogP contribution is -2.33. The Hall–Kier alpha value is -3.42. The third-order valence-electron chi connectivity index (χ3n) is 6.36. The molecule has 32 heavy (non-hydrogen) atoms. The summed E-state index contributed by atoms with van der Waals surface area (Å²) in [5.74, 6) is 0.0198. The van der Waals surface area contributed by atoms with Gasteiger partial charge in [0, 0.05) is 37.8 Å². The van der Waals surface area contributed by atoms with E-state index >= 15 is 0 Å². The lowest BCUT2D eigenvalue weighted by molar-refractivity contribution is -0.384. The quantitative estimate of drug-likeness (QED) is 0.556. The number of hydrogen-bond acceptors (Lipinski definition) is 5. The Balaban J connectivity index is 1.56. The van der Waals surface area contributed by atoms with Crippen molar-refractivity contribution in [3.63, 3.8) is 0 Å². The number of nitrogens with zero attached hydrogens (tertiary/aromatic N) is 3. The number of anilines is 2. The van der Waals surface area contributed by atoms with Gasteiger partial charge in [0.15, 0.2) is 0 Å². The van der Waals surface area contributed by atoms with Crippen LogP contribution in [-0.4, -0.2) is 47.8 Å². The summed E-state index contributed by atoms with van der Waals surface area (Å²) in [6.45, 7) is 5.14. The molecule has 2 aliphatic rings. The molecule has 8 nitrogen and oxygen atoms in total. The first kappa shape index (κ1) is 21.8. The highest BCUT2D eigenvalue weighted by Gasteiger charge is 2.26. The van der Waals surface area contributed by atoms with Crippen LogP contribution in [0.25, 0.3) is 0 Å². The maximum atomic E-state index is 12.9. The molecule has 2 aliphatic heterocycles. The van der Waals surface area contributed by atoms with Crippen LogP contribution in [0.3, 0.4) is 0 Å². The van der Waals surface area contributed by atoms with Gasteiger partial charge in [0.25, 0.3) is 17.5 Å². The van der Waals surface area contributed by atoms with Crippen molar-refractivity contribution in [1.29, 1.82) is 0 Å². The SMILES string of the molecule is CC1CCN(c2ccc(C(=O)Nc3ccccc3C(=O)N3CCCC3)cc2[N+](=O)[O-])CC1. The Morgan fingerprint density at radius 2 is 1.72 bits per heavy atom. The van der Waals surface area contributed by atoms with E-state index in [1.165, 1.54) is 6.07 Å². The fraction of sp³-hybridized carbons (Fsp3) is 0.417. The number of nitro groups is 1. The monoisotopic (exact) mass is 436 g/mol. The fourth-order valence-electron chi connectivity index (χ4n) is 4.39. The summed E-state index contributed by atoms with van der Waals surface area (Å²) < 4.78 is 0. The summed E-state index contributed by atoms with van der Waals surface area (Å²) in [4.78, 5) is 40.9. The van der Waals surface area contributed by atoms with E-state index in [9.17, 15) is 19.7 Å². The van der Waals surface area contributed by atoms with Gasteiger partial charge in [-0.15, -0.1) is 0 Å². The Kier molecular flexibility index (Phi) is 6.39. The van der Waals surface area contributed by atoms with Gasteiger partial charge in [0.2, 0.25) is 0 Å². The van der Waals surface area contributed by atoms with E-state index in [-0.39, 0.29) is 17.2 Å². The van der Waals surface area contributed by atoms with Crippen molar-refractivity contribution in [2.45, 2.75) is 32.6 Å². The van der Waals surface area contributed by atoms with Crippen LogP contribution < -0.4 is 10.2 Å². The van der Waals surface area contributed by atoms with Crippen molar-refractivity contribution in [2.75, 3.05) is 36.4 Å². The van der Waals surface area contributed by atoms with Gasteiger partial charge < -0.3 is 15.1 Å². The van der Waals surface area contributed by atoms with Crippen LogP contribution in [0.2, 0.25) is 0 Å². The van der Waals surface area contributed by atoms with Crippen LogP contribution >= 0.6 is 0 Å². The van der Waals surface area contributed by atoms with E-state index in [0.29, 0.717) is 35.9 Å². The largest absolute Gasteiger partial charge is 0.366 e. The zero-order valence-corrected chi connectivity index (χ0v) is 18.3. The Morgan fingerprint density at radius 1 is 1.03 bits per heavy atom. The van der Waals surface area contributed by atoms with Crippen LogP contribution in [0.5, 0.6) is 0 Å². The molecule has 0 bridgehead atoms. The third kappa shape index (κ3) is 4.59. The van der Waals surface area contributed by atoms with Gasteiger partial charge in [-0.3, -0.25) is 19.7 Å². The van der Waals surface area contributed by atoms with Gasteiger partial charge in [-0.2, -0.15) is 0 Å². The molecule has 4 rings (SSSR count). The van der Waals surface area contributed by atoms with Crippen LogP contribution in [0.1, 0.15) is 53.3 Å². The van der Waals surface area contributed by atoms with E-state index in [0.717, 1.165) is 38.8 Å². The van der Waals surface area contributed by atoms with Gasteiger partial charge in [-0.1, -0.05) is 19.1 Å². The van der Waals surface area contributed by atoms with E-state index in [2.05, 4.69) is 12.2 Å². The van der Waals surface area contributed by atoms with Crippen molar-refractivity contribution in [3.8, 4) is 0 Å². The number of nitrogens with one attached hydrogen (secondary N) is 1. The number of para-hydroxylation sites is 1. The normalized spacial score (nSPS) is 16.8. The topological polar surface area (TPSA) is 95.8 Å². The first-order chi connectivity index (χ1) is 15.4. The van der Waals surface area contributed by atoms with Gasteiger partial charge >= 0.3 is 0 Å². The van der Waals surface area contributed by atoms with Crippen molar-refractivity contribution >= 4 is 28.9 Å². The number of rotatable bonds is 5. The van der Waals surface area contributed by atoms with E-state index in [4.69, 9.17) is 0 Å². The lowest BCUT2D eigenvalue weighted by atomic mass is 9.98. The standard InChI is InChI=1S/C24H28N4O4/c1-17-10-14-26(15-11-17)21-9-8-18(16-22(21)28(31)32)23(29)25-20-7-3-2-6-19(20)24(30)27-12-4-5-13-27/h2-3,6-9,16-17H,4-5,10-15H2,1H3,(H,25,29). The molecule has 0 radical (unpaired) electrons. The maximum Gasteiger partial charge on any atom is 0.293 e. The van der Waals surface area contributed by atoms with E-state index in [1.54, 1.807) is 41.3 Å². The number of piperidine rings is 1. The molecule has 0 atom stereocenters. The average Bonchev–Trinajstić information content (AvgIpc) is 3.34. The average molecular weight is 437 g/mol. The molecule has 2 heterocycles. The number of nitro benzene ring substituents is 1. The van der Waals surface area contributed by atoms with Crippen molar-refractivity contribution in [2.24, 2.45) is 5.92 Å². The molecular weight excluding hydrogens is 408 g/mol. The van der Waals surface area contributed by atoms with Gasteiger partial charge in [-0.05, 0) is 55.9 Å². The van der Waals surface area contributed by atoms with Crippen LogP contribution in [0.15, 0.2) is 42.5 Å². The zero-order chi connectivity index (χ0) is 22.7. The van der Waals surface area contributed by atoms with Crippen LogP contribution in [0.4, 0.5) is 17.1 Å². The summed E-state index contributed by atoms with van der Waals surface area (Å²) in [7, 11) is 0. The molecule has 0 unspecified atom stereocenters. The second-order valence-electron chi connectivity index (χ2n) is 8.63. The molecule has 2 fully saturated rings. The molecule has 2 saturated heterocycles. The molecule has 8 heteroatoms. The molecule has 0 saturated carbocycles. The minimum absolute atomic E-state index is 0.0753. The fourth-order valence-corrected chi connectivity index (χ4v) is 4.39. The maximum absolute atomic E-state index is 12.9. The second-order valence-corrected chi connectivity index (χ2v) is 8.63. The number of benzene rings is 2. The van der Waals surface area contributed by atoms with Crippen molar-refractivity contribution < 1.29 is 14.5 Å². The lowest BCUT2D eigenvalue weighted by Gasteiger charge is -2.31. The Bertz CT molecular complexity index is 1020. The van der Waals surface area contributed by atoms with Gasteiger partial charge in [0.1, 0.15) is 5.69 Å². The van der Waals surface area contributed by atoms with Gasteiger partial charge in [0.05, 0.1) is 16.2 Å². The molecule has 2 amide bonds. The minimum atomic E-state index is -0.478. The van der Waals surface area contributed by atoms with Crippen LogP contribution in [-0.2, 0) is 0 Å². The predicted octanol–water partition coefficient (Wildman–Crippen LogP) is 4.32. The third-order valence-corrected chi connectivity index (χ3v) is 6.36. The summed E-state index contributed by atoms with van der Waals surface area (Å²) in [6, 6.07) is 11.5. The zero-order valence-electron chi connectivity index (χ0n) is 18.3. The highest BCUT2D eigenvalue weighted by molar-refractivity contribution is 6.09. The molecule has 0 spiro atoms. The highest BCUT2D eigenvalue weighted by atomic mass is 16.6. The molecule has 1 N–H and O–H groups in total. The Labute approximate surface area is 187 Å². The summed E-state index contributed by atoms with van der Waals surface area (Å²) in [5.41, 5.74) is 1.49. The number of carbonyl (C=O) groups excluding carboxylic acids is 2. The van der Waals surface area contributed by atoms with Crippen molar-refractivity contribution in [1.82, 2.24) is 4.90 Å². The summed E-state index contributed by atoms with van der Waals surface area (Å²) in [5, 5.41) is 14.5. The number of hydrogen-bond donors (Lipinski definition) is 1. The Morgan fingerprint density at radius 3 is 2.41 bits per heavy atom. The molecular formula is C24H28N4O4. The first-order valence-electron chi connectivity index (χ1n) is 11.2. The summed E-state index contributed by atoms with van der Waals surface area (Å²) in [6.07, 6.45) is 3.93. The van der Waals surface area contributed by atoms with Gasteiger partial charge in [-0.25, -0.2) is 0 Å². The number of carbonyl (C=O) groups is 2. The molecule has 2 aromatic rings. The van der Waals surface area contributed by atoms with E-state index in [1.807, 2.05) is 4.90 Å². The van der Waals surface area contributed by atoms with Crippen LogP contribution in [0, 0.1) is 16.0 Å². The molecule has 0 aliphatic carbocycles. The molecule has 0 aromatic heterocycles. The predicted molar refractivity (Wildman–Crippen MR) is 123 cm³/mol. The highest BCUT2D eigenvalue weighted by Crippen LogP contribution is 2.32. The first-order valence-corrected chi connectivity index (χ1v) is 11.2. The van der Waals surface area contributed by atoms with Crippen molar-refractivity contribution in [3.05, 3.63) is 63.7 Å². The summed E-state index contributed by atoms with van der Waals surface area (Å²) >= 11 is 0. The number of likely N-dealkylation sites (tertiary alicyclic amines) is 1. The molecule has 2 aromatic carbocycles. The smallest absolute Gasteiger partial charge is 0.293 e. The molecule has 168 valence electrons. The second kappa shape index (κ2) is 9.38. The number of amides is 2.